The summed E-state index contributed by atoms with van der Waals surface area (Å²) in [5.41, 5.74) is 8.75. The molecule has 2 aliphatic rings. The Kier molecular flexibility index (Phi) is 3.27. The highest BCUT2D eigenvalue weighted by Crippen LogP contribution is 2.39. The minimum Gasteiger partial charge on any atom is -0.370 e. The molecule has 1 fully saturated rings. The van der Waals surface area contributed by atoms with E-state index in [0.29, 0.717) is 5.92 Å². The number of anilines is 2. The van der Waals surface area contributed by atoms with E-state index in [2.05, 4.69) is 33.1 Å². The number of carbonyl (C=O) groups excluding carboxylic acids is 1. The molecule has 0 saturated carbocycles. The van der Waals surface area contributed by atoms with Gasteiger partial charge in [0, 0.05) is 28.8 Å². The molecule has 1 aromatic carbocycles. The molecule has 2 aliphatic heterocycles. The quantitative estimate of drug-likeness (QED) is 0.835. The Hall–Kier alpha value is -1.07. The molecule has 2 unspecified atom stereocenters. The van der Waals surface area contributed by atoms with Gasteiger partial charge in [-0.05, 0) is 46.8 Å². The summed E-state index contributed by atoms with van der Waals surface area (Å²) in [6.45, 7) is 4.42. The van der Waals surface area contributed by atoms with Crippen molar-refractivity contribution in [3.8, 4) is 0 Å². The van der Waals surface area contributed by atoms with Crippen LogP contribution in [0.25, 0.3) is 0 Å². The maximum atomic E-state index is 11.6. The van der Waals surface area contributed by atoms with Crippen LogP contribution in [0.15, 0.2) is 16.6 Å². The lowest BCUT2D eigenvalue weighted by atomic mass is 9.99. The highest BCUT2D eigenvalue weighted by molar-refractivity contribution is 9.10. The fraction of sp³-hybridized carbons (Fsp3) is 0.500. The average Bonchev–Trinajstić information content (AvgIpc) is 2.65. The van der Waals surface area contributed by atoms with Gasteiger partial charge in [-0.3, -0.25) is 4.79 Å². The van der Waals surface area contributed by atoms with Crippen molar-refractivity contribution in [3.05, 3.63) is 22.2 Å². The number of hydrogen-bond acceptors (Lipinski definition) is 3. The van der Waals surface area contributed by atoms with Gasteiger partial charge in [0.1, 0.15) is 6.04 Å². The van der Waals surface area contributed by atoms with E-state index in [1.807, 2.05) is 12.1 Å². The zero-order chi connectivity index (χ0) is 13.6. The molecule has 102 valence electrons. The average molecular weight is 324 g/mol. The van der Waals surface area contributed by atoms with Crippen LogP contribution in [0.3, 0.4) is 0 Å². The Labute approximate surface area is 121 Å². The molecule has 0 aromatic heterocycles. The van der Waals surface area contributed by atoms with Crippen molar-refractivity contribution < 1.29 is 4.79 Å². The number of hydrogen-bond donors (Lipinski definition) is 2. The maximum Gasteiger partial charge on any atom is 0.245 e. The SMILES string of the molecule is CC1CCCN(c2cc3c(cc2Br)C(N)C(=O)N3)C1. The van der Waals surface area contributed by atoms with Gasteiger partial charge in [0.15, 0.2) is 0 Å². The first-order valence-electron chi connectivity index (χ1n) is 6.71. The minimum atomic E-state index is -0.541. The number of benzene rings is 1. The fourth-order valence-electron chi connectivity index (χ4n) is 2.95. The number of nitrogens with zero attached hydrogens (tertiary/aromatic N) is 1. The Bertz CT molecular complexity index is 532. The molecule has 19 heavy (non-hydrogen) atoms. The number of halogens is 1. The molecule has 0 aliphatic carbocycles. The molecule has 5 heteroatoms. The summed E-state index contributed by atoms with van der Waals surface area (Å²) in [7, 11) is 0. The maximum absolute atomic E-state index is 11.6. The Balaban J connectivity index is 1.95. The molecule has 2 atom stereocenters. The van der Waals surface area contributed by atoms with Crippen molar-refractivity contribution in [3.63, 3.8) is 0 Å². The summed E-state index contributed by atoms with van der Waals surface area (Å²) in [4.78, 5) is 14.0. The van der Waals surface area contributed by atoms with Crippen LogP contribution in [0.2, 0.25) is 0 Å². The van der Waals surface area contributed by atoms with Crippen LogP contribution in [-0.4, -0.2) is 19.0 Å². The van der Waals surface area contributed by atoms with E-state index in [0.717, 1.165) is 34.5 Å². The summed E-state index contributed by atoms with van der Waals surface area (Å²) in [6.07, 6.45) is 2.51. The number of nitrogens with one attached hydrogen (secondary N) is 1. The summed E-state index contributed by atoms with van der Waals surface area (Å²) >= 11 is 3.62. The van der Waals surface area contributed by atoms with E-state index in [1.54, 1.807) is 0 Å². The molecule has 0 spiro atoms. The monoisotopic (exact) mass is 323 g/mol. The van der Waals surface area contributed by atoms with Crippen molar-refractivity contribution >= 4 is 33.2 Å². The van der Waals surface area contributed by atoms with Gasteiger partial charge in [0.05, 0.1) is 5.69 Å². The molecular formula is C14H18BrN3O. The number of carbonyl (C=O) groups is 1. The van der Waals surface area contributed by atoms with Gasteiger partial charge < -0.3 is 16.0 Å². The van der Waals surface area contributed by atoms with Gasteiger partial charge in [-0.1, -0.05) is 6.92 Å². The zero-order valence-corrected chi connectivity index (χ0v) is 12.5. The van der Waals surface area contributed by atoms with Crippen LogP contribution in [0.4, 0.5) is 11.4 Å². The smallest absolute Gasteiger partial charge is 0.245 e. The second kappa shape index (κ2) is 4.80. The number of piperidine rings is 1. The minimum absolute atomic E-state index is 0.119. The molecule has 1 aromatic rings. The van der Waals surface area contributed by atoms with Gasteiger partial charge in [0.25, 0.3) is 0 Å². The lowest BCUT2D eigenvalue weighted by molar-refractivity contribution is -0.116. The highest BCUT2D eigenvalue weighted by Gasteiger charge is 2.29. The van der Waals surface area contributed by atoms with E-state index >= 15 is 0 Å². The Morgan fingerprint density at radius 1 is 1.47 bits per heavy atom. The lowest BCUT2D eigenvalue weighted by Crippen LogP contribution is -2.34. The first-order valence-corrected chi connectivity index (χ1v) is 7.50. The normalized spacial score (nSPS) is 26.3. The standard InChI is InChI=1S/C14H18BrN3O/c1-8-3-2-4-18(7-8)12-6-11-9(5-10(12)15)13(16)14(19)17-11/h5-6,8,13H,2-4,7,16H2,1H3,(H,17,19). The van der Waals surface area contributed by atoms with Crippen molar-refractivity contribution in [2.75, 3.05) is 23.3 Å². The molecule has 0 bridgehead atoms. The molecule has 1 saturated heterocycles. The van der Waals surface area contributed by atoms with Crippen LogP contribution < -0.4 is 16.0 Å². The molecule has 1 amide bonds. The largest absolute Gasteiger partial charge is 0.370 e. The third kappa shape index (κ3) is 2.25. The van der Waals surface area contributed by atoms with Gasteiger partial charge >= 0.3 is 0 Å². The summed E-state index contributed by atoms with van der Waals surface area (Å²) < 4.78 is 1.02. The van der Waals surface area contributed by atoms with Crippen LogP contribution in [0.5, 0.6) is 0 Å². The summed E-state index contributed by atoms with van der Waals surface area (Å²) in [5.74, 6) is 0.594. The van der Waals surface area contributed by atoms with Crippen LogP contribution >= 0.6 is 15.9 Å². The van der Waals surface area contributed by atoms with Crippen LogP contribution in [0, 0.1) is 5.92 Å². The fourth-order valence-corrected chi connectivity index (χ4v) is 3.56. The van der Waals surface area contributed by atoms with Crippen molar-refractivity contribution in [2.24, 2.45) is 11.7 Å². The number of amides is 1. The first kappa shape index (κ1) is 12.9. The van der Waals surface area contributed by atoms with Crippen molar-refractivity contribution in [2.45, 2.75) is 25.8 Å². The van der Waals surface area contributed by atoms with E-state index in [-0.39, 0.29) is 5.91 Å². The number of fused-ring (bicyclic) bond motifs is 1. The third-order valence-corrected chi connectivity index (χ3v) is 4.63. The molecule has 3 rings (SSSR count). The summed E-state index contributed by atoms with van der Waals surface area (Å²) in [5, 5.41) is 2.85. The molecule has 3 N–H and O–H groups in total. The van der Waals surface area contributed by atoms with E-state index in [4.69, 9.17) is 5.73 Å². The predicted molar refractivity (Wildman–Crippen MR) is 80.3 cm³/mol. The molecular weight excluding hydrogens is 306 g/mol. The van der Waals surface area contributed by atoms with E-state index < -0.39 is 6.04 Å². The third-order valence-electron chi connectivity index (χ3n) is 3.99. The van der Waals surface area contributed by atoms with Crippen LogP contribution in [-0.2, 0) is 4.79 Å². The van der Waals surface area contributed by atoms with Gasteiger partial charge in [-0.25, -0.2) is 0 Å². The second-order valence-electron chi connectivity index (χ2n) is 5.55. The molecule has 2 heterocycles. The van der Waals surface area contributed by atoms with Crippen LogP contribution in [0.1, 0.15) is 31.4 Å². The van der Waals surface area contributed by atoms with E-state index in [1.165, 1.54) is 12.8 Å². The second-order valence-corrected chi connectivity index (χ2v) is 6.41. The number of nitrogens with two attached hydrogens (primary N) is 1. The van der Waals surface area contributed by atoms with Gasteiger partial charge in [-0.15, -0.1) is 0 Å². The number of rotatable bonds is 1. The Morgan fingerprint density at radius 2 is 2.26 bits per heavy atom. The predicted octanol–water partition coefficient (Wildman–Crippen LogP) is 2.64. The van der Waals surface area contributed by atoms with Crippen molar-refractivity contribution in [1.82, 2.24) is 0 Å². The zero-order valence-electron chi connectivity index (χ0n) is 10.9. The summed E-state index contributed by atoms with van der Waals surface area (Å²) in [6, 6.07) is 3.48. The molecule has 4 nitrogen and oxygen atoms in total. The van der Waals surface area contributed by atoms with Gasteiger partial charge in [-0.2, -0.15) is 0 Å². The van der Waals surface area contributed by atoms with Crippen molar-refractivity contribution in [1.29, 1.82) is 0 Å². The highest BCUT2D eigenvalue weighted by atomic mass is 79.9. The topological polar surface area (TPSA) is 58.4 Å². The molecule has 0 radical (unpaired) electrons. The lowest BCUT2D eigenvalue weighted by Gasteiger charge is -2.33. The Morgan fingerprint density at radius 3 is 3.00 bits per heavy atom. The van der Waals surface area contributed by atoms with E-state index in [9.17, 15) is 4.79 Å². The first-order chi connectivity index (χ1) is 9.06. The van der Waals surface area contributed by atoms with Gasteiger partial charge in [0.2, 0.25) is 5.91 Å².